The number of nitrogens with zero attached hydrogens (tertiary/aromatic N) is 1. The summed E-state index contributed by atoms with van der Waals surface area (Å²) in [6.45, 7) is 3.81. The van der Waals surface area contributed by atoms with Crippen molar-refractivity contribution < 1.29 is 19.8 Å². The van der Waals surface area contributed by atoms with Gasteiger partial charge in [-0.05, 0) is 66.6 Å². The van der Waals surface area contributed by atoms with Crippen LogP contribution >= 0.6 is 0 Å². The van der Waals surface area contributed by atoms with Crippen molar-refractivity contribution in [3.63, 3.8) is 0 Å². The van der Waals surface area contributed by atoms with E-state index in [1.165, 1.54) is 67.6 Å². The van der Waals surface area contributed by atoms with Crippen molar-refractivity contribution in [3.8, 4) is 11.1 Å². The molecule has 1 fully saturated rings. The minimum absolute atomic E-state index is 0.558. The van der Waals surface area contributed by atoms with E-state index in [1.54, 1.807) is 5.57 Å². The van der Waals surface area contributed by atoms with Crippen molar-refractivity contribution in [2.75, 3.05) is 19.6 Å². The third-order valence-electron chi connectivity index (χ3n) is 5.67. The summed E-state index contributed by atoms with van der Waals surface area (Å²) >= 11 is 0. The van der Waals surface area contributed by atoms with Crippen LogP contribution in [0.5, 0.6) is 0 Å². The number of hydrogen-bond acceptors (Lipinski definition) is 3. The smallest absolute Gasteiger partial charge is 0.328 e. The zero-order valence-corrected chi connectivity index (χ0v) is 17.7. The molecule has 5 heteroatoms. The third-order valence-corrected chi connectivity index (χ3v) is 5.67. The zero-order chi connectivity index (χ0) is 22.1. The molecule has 1 aliphatic heterocycles. The largest absolute Gasteiger partial charge is 0.478 e. The van der Waals surface area contributed by atoms with Gasteiger partial charge in [-0.15, -0.1) is 0 Å². The van der Waals surface area contributed by atoms with Gasteiger partial charge in [-0.2, -0.15) is 0 Å². The molecule has 2 aromatic carbocycles. The van der Waals surface area contributed by atoms with E-state index in [2.05, 4.69) is 59.5 Å². The van der Waals surface area contributed by atoms with Crippen LogP contribution in [0.15, 0.2) is 66.8 Å². The highest BCUT2D eigenvalue weighted by Crippen LogP contribution is 2.36. The molecule has 4 rings (SSSR count). The lowest BCUT2D eigenvalue weighted by atomic mass is 9.94. The number of likely N-dealkylation sites (tertiary alicyclic amines) is 1. The number of fused-ring (bicyclic) bond motifs is 1. The maximum Gasteiger partial charge on any atom is 0.328 e. The van der Waals surface area contributed by atoms with Crippen LogP contribution < -0.4 is 0 Å². The summed E-state index contributed by atoms with van der Waals surface area (Å²) < 4.78 is 0. The molecule has 31 heavy (non-hydrogen) atoms. The van der Waals surface area contributed by atoms with Crippen molar-refractivity contribution in [2.24, 2.45) is 0 Å². The van der Waals surface area contributed by atoms with Crippen LogP contribution in [0.3, 0.4) is 0 Å². The maximum atomic E-state index is 9.55. The molecular formula is C26H29NO4. The van der Waals surface area contributed by atoms with E-state index in [-0.39, 0.29) is 0 Å². The Morgan fingerprint density at radius 2 is 1.48 bits per heavy atom. The van der Waals surface area contributed by atoms with Crippen LogP contribution in [-0.2, 0) is 16.0 Å². The number of carboxylic acid groups (broad SMARTS) is 2. The molecule has 0 amide bonds. The van der Waals surface area contributed by atoms with Gasteiger partial charge in [0.15, 0.2) is 0 Å². The van der Waals surface area contributed by atoms with Crippen LogP contribution in [0.2, 0.25) is 0 Å². The van der Waals surface area contributed by atoms with Gasteiger partial charge in [0.2, 0.25) is 0 Å². The highest BCUT2D eigenvalue weighted by atomic mass is 16.4. The molecule has 1 saturated heterocycles. The molecule has 2 aliphatic rings. The molecule has 0 aromatic heterocycles. The normalized spacial score (nSPS) is 15.7. The van der Waals surface area contributed by atoms with Gasteiger partial charge in [0.1, 0.15) is 0 Å². The van der Waals surface area contributed by atoms with Gasteiger partial charge in [0.05, 0.1) is 0 Å². The lowest BCUT2D eigenvalue weighted by Crippen LogP contribution is -2.30. The first-order chi connectivity index (χ1) is 15.0. The number of benzene rings is 2. The summed E-state index contributed by atoms with van der Waals surface area (Å²) in [4.78, 5) is 21.7. The topological polar surface area (TPSA) is 77.8 Å². The fourth-order valence-electron chi connectivity index (χ4n) is 4.17. The predicted molar refractivity (Wildman–Crippen MR) is 123 cm³/mol. The average molecular weight is 420 g/mol. The Hall–Kier alpha value is -3.18. The van der Waals surface area contributed by atoms with Crippen LogP contribution in [0.1, 0.15) is 36.8 Å². The first kappa shape index (κ1) is 22.5. The molecule has 0 radical (unpaired) electrons. The number of rotatable bonds is 6. The first-order valence-corrected chi connectivity index (χ1v) is 10.8. The van der Waals surface area contributed by atoms with Crippen molar-refractivity contribution in [1.29, 1.82) is 0 Å². The Labute approximate surface area is 183 Å². The molecule has 0 bridgehead atoms. The van der Waals surface area contributed by atoms with Gasteiger partial charge in [0, 0.05) is 18.7 Å². The molecule has 0 spiro atoms. The summed E-state index contributed by atoms with van der Waals surface area (Å²) in [6, 6.07) is 17.6. The van der Waals surface area contributed by atoms with Crippen LogP contribution in [0, 0.1) is 0 Å². The molecule has 0 saturated carbocycles. The number of carboxylic acids is 2. The summed E-state index contributed by atoms with van der Waals surface area (Å²) in [5, 5.41) is 15.6. The van der Waals surface area contributed by atoms with E-state index in [0.29, 0.717) is 12.2 Å². The average Bonchev–Trinajstić information content (AvgIpc) is 3.21. The van der Waals surface area contributed by atoms with Gasteiger partial charge >= 0.3 is 11.9 Å². The zero-order valence-electron chi connectivity index (χ0n) is 17.7. The quantitative estimate of drug-likeness (QED) is 0.653. The van der Waals surface area contributed by atoms with E-state index in [0.717, 1.165) is 6.42 Å². The van der Waals surface area contributed by atoms with Crippen LogP contribution in [0.4, 0.5) is 0 Å². The van der Waals surface area contributed by atoms with E-state index >= 15 is 0 Å². The van der Waals surface area contributed by atoms with Crippen molar-refractivity contribution in [3.05, 3.63) is 77.9 Å². The highest BCUT2D eigenvalue weighted by Gasteiger charge is 2.19. The predicted octanol–water partition coefficient (Wildman–Crippen LogP) is 4.88. The first-order valence-electron chi connectivity index (χ1n) is 10.8. The van der Waals surface area contributed by atoms with Gasteiger partial charge in [0.25, 0.3) is 0 Å². The lowest BCUT2D eigenvalue weighted by Gasteiger charge is -2.26. The molecule has 5 nitrogen and oxygen atoms in total. The van der Waals surface area contributed by atoms with E-state index in [1.807, 2.05) is 0 Å². The molecule has 0 unspecified atom stereocenters. The minimum Gasteiger partial charge on any atom is -0.478 e. The lowest BCUT2D eigenvalue weighted by molar-refractivity contribution is -0.134. The van der Waals surface area contributed by atoms with E-state index in [9.17, 15) is 9.59 Å². The summed E-state index contributed by atoms with van der Waals surface area (Å²) in [6.07, 6.45) is 10.1. The van der Waals surface area contributed by atoms with Gasteiger partial charge < -0.3 is 15.1 Å². The van der Waals surface area contributed by atoms with Crippen molar-refractivity contribution in [2.45, 2.75) is 32.1 Å². The van der Waals surface area contributed by atoms with Gasteiger partial charge in [-0.3, -0.25) is 0 Å². The van der Waals surface area contributed by atoms with Crippen molar-refractivity contribution >= 4 is 17.5 Å². The Kier molecular flexibility index (Phi) is 8.19. The second-order valence-corrected chi connectivity index (χ2v) is 7.79. The highest BCUT2D eigenvalue weighted by molar-refractivity contribution is 5.89. The third kappa shape index (κ3) is 6.66. The molecule has 0 atom stereocenters. The van der Waals surface area contributed by atoms with E-state index in [4.69, 9.17) is 10.2 Å². The number of allylic oxidation sites excluding steroid dienone is 1. The number of aliphatic carboxylic acids is 2. The Morgan fingerprint density at radius 3 is 2.13 bits per heavy atom. The number of hydrogen-bond donors (Lipinski definition) is 2. The molecule has 1 aliphatic carbocycles. The molecular weight excluding hydrogens is 390 g/mol. The summed E-state index contributed by atoms with van der Waals surface area (Å²) in [7, 11) is 0. The Bertz CT molecular complexity index is 941. The fraction of sp³-hybridized carbons (Fsp3) is 0.308. The maximum absolute atomic E-state index is 9.55. The van der Waals surface area contributed by atoms with Gasteiger partial charge in [-0.25, -0.2) is 9.59 Å². The molecule has 2 N–H and O–H groups in total. The van der Waals surface area contributed by atoms with E-state index < -0.39 is 11.9 Å². The second kappa shape index (κ2) is 11.3. The van der Waals surface area contributed by atoms with Crippen molar-refractivity contribution in [1.82, 2.24) is 4.90 Å². The van der Waals surface area contributed by atoms with Gasteiger partial charge in [-0.1, -0.05) is 61.0 Å². The van der Waals surface area contributed by atoms with Crippen LogP contribution in [0.25, 0.3) is 16.7 Å². The SMILES string of the molecule is C1=C(CCN2CCCCC2)c2cccc(-c3ccccc3)c2C1.O=C(O)/C=C\C(=O)O. The minimum atomic E-state index is -1.26. The Balaban J connectivity index is 0.000000293. The molecule has 2 aromatic rings. The van der Waals surface area contributed by atoms with Crippen LogP contribution in [-0.4, -0.2) is 46.7 Å². The molecule has 162 valence electrons. The summed E-state index contributed by atoms with van der Waals surface area (Å²) in [5.74, 6) is -2.51. The number of piperidine rings is 1. The summed E-state index contributed by atoms with van der Waals surface area (Å²) in [5.41, 5.74) is 7.32. The number of carbonyl (C=O) groups is 2. The second-order valence-electron chi connectivity index (χ2n) is 7.79. The monoisotopic (exact) mass is 419 g/mol. The standard InChI is InChI=1S/C22H25N.C4H4O4/c1-3-8-18(9-4-1)20-10-7-11-21-19(12-13-22(20)21)14-17-23-15-5-2-6-16-23;5-3(6)1-2-4(7)8/h1,3-4,7-12H,2,5-6,13-17H2;1-2H,(H,5,6)(H,7,8)/b;2-1-. The Morgan fingerprint density at radius 1 is 0.839 bits per heavy atom. The molecule has 1 heterocycles. The fourth-order valence-corrected chi connectivity index (χ4v) is 4.17.